The van der Waals surface area contributed by atoms with Gasteiger partial charge in [0, 0.05) is 25.6 Å². The molecular formula is C11H17N5. The molecule has 0 unspecified atom stereocenters. The minimum Gasteiger partial charge on any atom is -0.292 e. The van der Waals surface area contributed by atoms with E-state index in [2.05, 4.69) is 28.0 Å². The molecule has 1 aromatic heterocycles. The second kappa shape index (κ2) is 5.08. The van der Waals surface area contributed by atoms with Crippen LogP contribution in [0.15, 0.2) is 6.33 Å². The molecule has 0 radical (unpaired) electrons. The first-order chi connectivity index (χ1) is 7.85. The largest absolute Gasteiger partial charge is 0.292 e. The minimum atomic E-state index is 0.594. The van der Waals surface area contributed by atoms with Gasteiger partial charge in [0.05, 0.1) is 12.6 Å². The van der Waals surface area contributed by atoms with Crippen LogP contribution in [0.4, 0.5) is 0 Å². The molecule has 2 rings (SSSR count). The van der Waals surface area contributed by atoms with E-state index >= 15 is 0 Å². The van der Waals surface area contributed by atoms with Crippen molar-refractivity contribution in [3.8, 4) is 6.07 Å². The van der Waals surface area contributed by atoms with E-state index < -0.39 is 0 Å². The highest BCUT2D eigenvalue weighted by Crippen LogP contribution is 2.27. The van der Waals surface area contributed by atoms with Crippen LogP contribution in [0.1, 0.15) is 32.0 Å². The van der Waals surface area contributed by atoms with Crippen molar-refractivity contribution < 1.29 is 0 Å². The Bertz CT molecular complexity index is 374. The van der Waals surface area contributed by atoms with Crippen LogP contribution in [0.2, 0.25) is 0 Å². The summed E-state index contributed by atoms with van der Waals surface area (Å²) in [5.41, 5.74) is 0. The van der Waals surface area contributed by atoms with Crippen LogP contribution in [0.5, 0.6) is 0 Å². The van der Waals surface area contributed by atoms with E-state index in [1.165, 1.54) is 12.8 Å². The van der Waals surface area contributed by atoms with Gasteiger partial charge >= 0.3 is 0 Å². The Kier molecular flexibility index (Phi) is 3.52. The first-order valence-corrected chi connectivity index (χ1v) is 5.82. The highest BCUT2D eigenvalue weighted by Gasteiger charge is 2.29. The van der Waals surface area contributed by atoms with Crippen LogP contribution in [-0.4, -0.2) is 32.3 Å². The molecular weight excluding hydrogens is 202 g/mol. The highest BCUT2D eigenvalue weighted by atomic mass is 15.3. The molecule has 1 fully saturated rings. The van der Waals surface area contributed by atoms with E-state index in [-0.39, 0.29) is 0 Å². The molecule has 0 N–H and O–H groups in total. The summed E-state index contributed by atoms with van der Waals surface area (Å²) in [6.07, 6.45) is 4.71. The number of hydrogen-bond acceptors (Lipinski definition) is 4. The summed E-state index contributed by atoms with van der Waals surface area (Å²) >= 11 is 0. The highest BCUT2D eigenvalue weighted by molar-refractivity contribution is 4.92. The summed E-state index contributed by atoms with van der Waals surface area (Å²) in [5, 5.41) is 12.8. The molecule has 0 aromatic carbocycles. The van der Waals surface area contributed by atoms with Crippen LogP contribution >= 0.6 is 0 Å². The molecule has 1 aliphatic carbocycles. The molecule has 86 valence electrons. The van der Waals surface area contributed by atoms with Crippen LogP contribution in [-0.2, 0) is 13.1 Å². The van der Waals surface area contributed by atoms with E-state index in [1.54, 1.807) is 6.33 Å². The first kappa shape index (κ1) is 11.1. The Balaban J connectivity index is 1.97. The normalized spacial score (nSPS) is 15.3. The molecule has 0 aliphatic heterocycles. The number of rotatable bonds is 6. The zero-order chi connectivity index (χ0) is 11.4. The molecule has 0 atom stereocenters. The quantitative estimate of drug-likeness (QED) is 0.720. The van der Waals surface area contributed by atoms with Crippen molar-refractivity contribution in [2.75, 3.05) is 6.54 Å². The summed E-state index contributed by atoms with van der Waals surface area (Å²) < 4.78 is 1.92. The molecule has 0 amide bonds. The summed E-state index contributed by atoms with van der Waals surface area (Å²) in [4.78, 5) is 6.62. The molecule has 1 saturated carbocycles. The molecule has 0 saturated heterocycles. The smallest absolute Gasteiger partial charge is 0.141 e. The maximum Gasteiger partial charge on any atom is 0.141 e. The molecule has 5 heteroatoms. The van der Waals surface area contributed by atoms with Crippen LogP contribution in [0.3, 0.4) is 0 Å². The summed E-state index contributed by atoms with van der Waals surface area (Å²) in [6, 6.07) is 2.87. The lowest BCUT2D eigenvalue weighted by Crippen LogP contribution is -2.28. The minimum absolute atomic E-state index is 0.594. The third-order valence-electron chi connectivity index (χ3n) is 2.91. The van der Waals surface area contributed by atoms with Crippen molar-refractivity contribution in [3.63, 3.8) is 0 Å². The van der Waals surface area contributed by atoms with Gasteiger partial charge in [-0.2, -0.15) is 10.4 Å². The molecule has 0 bridgehead atoms. The molecule has 0 spiro atoms. The SMILES string of the molecule is CCn1ncnc1CN(CCC#N)C1CC1. The second-order valence-electron chi connectivity index (χ2n) is 4.10. The van der Waals surface area contributed by atoms with E-state index in [1.807, 2.05) is 4.68 Å². The van der Waals surface area contributed by atoms with Gasteiger partial charge in [0.25, 0.3) is 0 Å². The fourth-order valence-corrected chi connectivity index (χ4v) is 1.88. The van der Waals surface area contributed by atoms with Gasteiger partial charge in [-0.05, 0) is 19.8 Å². The Morgan fingerprint density at radius 1 is 1.62 bits per heavy atom. The number of hydrogen-bond donors (Lipinski definition) is 0. The van der Waals surface area contributed by atoms with Crippen LogP contribution < -0.4 is 0 Å². The third kappa shape index (κ3) is 2.58. The van der Waals surface area contributed by atoms with Crippen LogP contribution in [0, 0.1) is 11.3 Å². The maximum absolute atomic E-state index is 8.63. The number of aryl methyl sites for hydroxylation is 1. The third-order valence-corrected chi connectivity index (χ3v) is 2.91. The van der Waals surface area contributed by atoms with Crippen molar-refractivity contribution >= 4 is 0 Å². The Hall–Kier alpha value is -1.41. The van der Waals surface area contributed by atoms with Gasteiger partial charge in [-0.25, -0.2) is 9.67 Å². The lowest BCUT2D eigenvalue weighted by Gasteiger charge is -2.19. The van der Waals surface area contributed by atoms with Gasteiger partial charge in [-0.1, -0.05) is 0 Å². The zero-order valence-electron chi connectivity index (χ0n) is 9.63. The first-order valence-electron chi connectivity index (χ1n) is 5.82. The van der Waals surface area contributed by atoms with E-state index in [9.17, 15) is 0 Å². The van der Waals surface area contributed by atoms with Gasteiger partial charge < -0.3 is 0 Å². The number of aromatic nitrogens is 3. The predicted octanol–water partition coefficient (Wildman–Crippen LogP) is 1.18. The zero-order valence-corrected chi connectivity index (χ0v) is 9.63. The van der Waals surface area contributed by atoms with E-state index in [4.69, 9.17) is 5.26 Å². The molecule has 1 heterocycles. The molecule has 1 aliphatic rings. The second-order valence-corrected chi connectivity index (χ2v) is 4.10. The van der Waals surface area contributed by atoms with Crippen LogP contribution in [0.25, 0.3) is 0 Å². The van der Waals surface area contributed by atoms with Gasteiger partial charge in [0.15, 0.2) is 0 Å². The summed E-state index contributed by atoms with van der Waals surface area (Å²) in [7, 11) is 0. The van der Waals surface area contributed by atoms with Gasteiger partial charge in [-0.15, -0.1) is 0 Å². The van der Waals surface area contributed by atoms with E-state index in [0.717, 1.165) is 25.5 Å². The summed E-state index contributed by atoms with van der Waals surface area (Å²) in [6.45, 7) is 4.58. The fourth-order valence-electron chi connectivity index (χ4n) is 1.88. The average Bonchev–Trinajstić information content (AvgIpc) is 3.05. The van der Waals surface area contributed by atoms with E-state index in [0.29, 0.717) is 12.5 Å². The number of nitrogens with zero attached hydrogens (tertiary/aromatic N) is 5. The topological polar surface area (TPSA) is 57.7 Å². The monoisotopic (exact) mass is 219 g/mol. The lowest BCUT2D eigenvalue weighted by atomic mass is 10.3. The van der Waals surface area contributed by atoms with Gasteiger partial charge in [-0.3, -0.25) is 4.90 Å². The standard InChI is InChI=1S/C11H17N5/c1-2-16-11(13-9-14-16)8-15(7-3-6-12)10-4-5-10/h9-10H,2-5,7-8H2,1H3. The lowest BCUT2D eigenvalue weighted by molar-refractivity contribution is 0.249. The van der Waals surface area contributed by atoms with Crippen molar-refractivity contribution in [2.45, 2.75) is 45.3 Å². The van der Waals surface area contributed by atoms with Gasteiger partial charge in [0.2, 0.25) is 0 Å². The average molecular weight is 219 g/mol. The van der Waals surface area contributed by atoms with Crippen molar-refractivity contribution in [1.29, 1.82) is 5.26 Å². The Morgan fingerprint density at radius 3 is 3.06 bits per heavy atom. The van der Waals surface area contributed by atoms with Crippen molar-refractivity contribution in [2.24, 2.45) is 0 Å². The Labute approximate surface area is 95.7 Å². The van der Waals surface area contributed by atoms with Gasteiger partial charge in [0.1, 0.15) is 12.2 Å². The fraction of sp³-hybridized carbons (Fsp3) is 0.727. The maximum atomic E-state index is 8.63. The van der Waals surface area contributed by atoms with Crippen molar-refractivity contribution in [3.05, 3.63) is 12.2 Å². The van der Waals surface area contributed by atoms with Crippen molar-refractivity contribution in [1.82, 2.24) is 19.7 Å². The number of nitriles is 1. The molecule has 5 nitrogen and oxygen atoms in total. The molecule has 16 heavy (non-hydrogen) atoms. The summed E-state index contributed by atoms with van der Waals surface area (Å²) in [5.74, 6) is 1.01. The Morgan fingerprint density at radius 2 is 2.44 bits per heavy atom. The molecule has 1 aromatic rings. The predicted molar refractivity (Wildman–Crippen MR) is 59.4 cm³/mol.